The molecule has 2 bridgehead atoms. The fraction of sp³-hybridized carbons (Fsp3) is 0.421. The molecule has 0 spiro atoms. The zero-order chi connectivity index (χ0) is 17.7. The molecule has 0 aromatic heterocycles. The summed E-state index contributed by atoms with van der Waals surface area (Å²) >= 11 is 0. The van der Waals surface area contributed by atoms with E-state index >= 15 is 0 Å². The van der Waals surface area contributed by atoms with Gasteiger partial charge in [0.1, 0.15) is 12.4 Å². The molecule has 3 aliphatic rings. The van der Waals surface area contributed by atoms with Crippen LogP contribution in [0.2, 0.25) is 0 Å². The van der Waals surface area contributed by atoms with Crippen LogP contribution in [0.25, 0.3) is 0 Å². The molecule has 1 saturated heterocycles. The highest BCUT2D eigenvalue weighted by atomic mass is 19.1. The van der Waals surface area contributed by atoms with Crippen LogP contribution in [-0.2, 0) is 20.9 Å². The molecular weight excluding hydrogens is 323 g/mol. The van der Waals surface area contributed by atoms with Crippen molar-refractivity contribution in [2.75, 3.05) is 13.6 Å². The number of fused-ring (bicyclic) bond motifs is 5. The van der Waals surface area contributed by atoms with Crippen molar-refractivity contribution in [3.05, 3.63) is 47.8 Å². The van der Waals surface area contributed by atoms with Gasteiger partial charge < -0.3 is 4.90 Å². The van der Waals surface area contributed by atoms with E-state index in [1.807, 2.05) is 12.2 Å². The predicted molar refractivity (Wildman–Crippen MR) is 87.3 cm³/mol. The van der Waals surface area contributed by atoms with Gasteiger partial charge in [0.15, 0.2) is 0 Å². The van der Waals surface area contributed by atoms with Gasteiger partial charge in [-0.25, -0.2) is 4.39 Å². The first-order valence-electron chi connectivity index (χ1n) is 8.47. The van der Waals surface area contributed by atoms with E-state index in [0.717, 1.165) is 11.3 Å². The van der Waals surface area contributed by atoms with Gasteiger partial charge in [-0.3, -0.25) is 19.3 Å². The Morgan fingerprint density at radius 3 is 2.44 bits per heavy atom. The van der Waals surface area contributed by atoms with Crippen molar-refractivity contribution in [2.45, 2.75) is 13.0 Å². The maximum absolute atomic E-state index is 13.3. The summed E-state index contributed by atoms with van der Waals surface area (Å²) in [5.74, 6) is -1.44. The van der Waals surface area contributed by atoms with Crippen molar-refractivity contribution in [2.24, 2.45) is 23.7 Å². The normalized spacial score (nSPS) is 29.4. The molecule has 4 atom stereocenters. The van der Waals surface area contributed by atoms with Crippen LogP contribution in [0.4, 0.5) is 4.39 Å². The zero-order valence-corrected chi connectivity index (χ0v) is 13.9. The molecule has 2 fully saturated rings. The second kappa shape index (κ2) is 5.79. The van der Waals surface area contributed by atoms with Gasteiger partial charge in [0.05, 0.1) is 11.8 Å². The Morgan fingerprint density at radius 1 is 1.20 bits per heavy atom. The number of carbonyl (C=O) groups excluding carboxylic acids is 3. The van der Waals surface area contributed by atoms with Crippen LogP contribution in [0, 0.1) is 29.5 Å². The van der Waals surface area contributed by atoms with E-state index in [2.05, 4.69) is 0 Å². The first-order chi connectivity index (χ1) is 12.0. The number of hydrogen-bond acceptors (Lipinski definition) is 3. The number of carbonyl (C=O) groups is 3. The number of likely N-dealkylation sites (tertiary alicyclic amines) is 1. The lowest BCUT2D eigenvalue weighted by Crippen LogP contribution is -2.42. The summed E-state index contributed by atoms with van der Waals surface area (Å²) in [6.45, 7) is -0.0115. The second-order valence-electron chi connectivity index (χ2n) is 7.14. The lowest BCUT2D eigenvalue weighted by atomic mass is 9.85. The van der Waals surface area contributed by atoms with E-state index < -0.39 is 0 Å². The lowest BCUT2D eigenvalue weighted by molar-refractivity contribution is -0.146. The third-order valence-electron chi connectivity index (χ3n) is 5.59. The number of amides is 3. The molecule has 1 aromatic carbocycles. The third kappa shape index (κ3) is 2.56. The number of nitrogens with zero attached hydrogens (tertiary/aromatic N) is 2. The topological polar surface area (TPSA) is 57.7 Å². The number of imide groups is 1. The molecule has 0 N–H and O–H groups in total. The monoisotopic (exact) mass is 342 g/mol. The SMILES string of the molecule is CN(Cc1cccc(F)c1)C(=O)CN1C(=O)[C@@H]2[C@H](C1=O)[C@H]1C=C[C@H]2C1. The summed E-state index contributed by atoms with van der Waals surface area (Å²) in [4.78, 5) is 40.2. The lowest BCUT2D eigenvalue weighted by Gasteiger charge is -2.22. The molecule has 1 aromatic rings. The Morgan fingerprint density at radius 2 is 1.84 bits per heavy atom. The number of likely N-dealkylation sites (N-methyl/N-ethyl adjacent to an activating group) is 1. The van der Waals surface area contributed by atoms with Gasteiger partial charge in [0.2, 0.25) is 17.7 Å². The van der Waals surface area contributed by atoms with Crippen LogP contribution in [-0.4, -0.2) is 41.1 Å². The maximum Gasteiger partial charge on any atom is 0.242 e. The summed E-state index contributed by atoms with van der Waals surface area (Å²) < 4.78 is 13.3. The quantitative estimate of drug-likeness (QED) is 0.617. The average Bonchev–Trinajstić information content (AvgIpc) is 3.24. The van der Waals surface area contributed by atoms with Crippen LogP contribution in [0.5, 0.6) is 0 Å². The summed E-state index contributed by atoms with van der Waals surface area (Å²) in [7, 11) is 1.59. The molecule has 2 aliphatic carbocycles. The van der Waals surface area contributed by atoms with Gasteiger partial charge in [-0.05, 0) is 36.0 Å². The minimum atomic E-state index is -0.362. The number of benzene rings is 1. The Hall–Kier alpha value is -2.50. The highest BCUT2D eigenvalue weighted by molar-refractivity contribution is 6.08. The van der Waals surface area contributed by atoms with Crippen LogP contribution in [0.1, 0.15) is 12.0 Å². The van der Waals surface area contributed by atoms with Crippen LogP contribution < -0.4 is 0 Å². The number of halogens is 1. The first kappa shape index (κ1) is 16.0. The van der Waals surface area contributed by atoms with Crippen LogP contribution in [0.3, 0.4) is 0 Å². The first-order valence-corrected chi connectivity index (χ1v) is 8.47. The van der Waals surface area contributed by atoms with E-state index in [-0.39, 0.29) is 60.3 Å². The van der Waals surface area contributed by atoms with Gasteiger partial charge in [-0.1, -0.05) is 24.3 Å². The molecule has 5 nitrogen and oxygen atoms in total. The summed E-state index contributed by atoms with van der Waals surface area (Å²) in [6, 6.07) is 6.02. The van der Waals surface area contributed by atoms with Gasteiger partial charge in [0, 0.05) is 13.6 Å². The molecule has 25 heavy (non-hydrogen) atoms. The molecule has 0 unspecified atom stereocenters. The fourth-order valence-electron chi connectivity index (χ4n) is 4.37. The van der Waals surface area contributed by atoms with Crippen LogP contribution >= 0.6 is 0 Å². The maximum atomic E-state index is 13.3. The molecule has 6 heteroatoms. The molecule has 1 aliphatic heterocycles. The third-order valence-corrected chi connectivity index (χ3v) is 5.59. The van der Waals surface area contributed by atoms with Gasteiger partial charge in [-0.2, -0.15) is 0 Å². The summed E-state index contributed by atoms with van der Waals surface area (Å²) in [6.07, 6.45) is 4.92. The number of allylic oxidation sites excluding steroid dienone is 2. The molecule has 130 valence electrons. The van der Waals surface area contributed by atoms with E-state index in [9.17, 15) is 18.8 Å². The van der Waals surface area contributed by atoms with Crippen molar-refractivity contribution >= 4 is 17.7 Å². The largest absolute Gasteiger partial charge is 0.340 e. The molecule has 1 saturated carbocycles. The van der Waals surface area contributed by atoms with Crippen LogP contribution in [0.15, 0.2) is 36.4 Å². The van der Waals surface area contributed by atoms with Crippen molar-refractivity contribution in [3.8, 4) is 0 Å². The van der Waals surface area contributed by atoms with Gasteiger partial charge in [-0.15, -0.1) is 0 Å². The molecule has 3 amide bonds. The van der Waals surface area contributed by atoms with Crippen molar-refractivity contribution in [3.63, 3.8) is 0 Å². The molecular formula is C19H19FN2O3. The minimum Gasteiger partial charge on any atom is -0.340 e. The Bertz CT molecular complexity index is 761. The highest BCUT2D eigenvalue weighted by Crippen LogP contribution is 2.52. The Balaban J connectivity index is 1.43. The smallest absolute Gasteiger partial charge is 0.242 e. The van der Waals surface area contributed by atoms with E-state index in [1.54, 1.807) is 19.2 Å². The number of rotatable bonds is 4. The molecule has 4 rings (SSSR count). The second-order valence-corrected chi connectivity index (χ2v) is 7.14. The van der Waals surface area contributed by atoms with Crippen molar-refractivity contribution < 1.29 is 18.8 Å². The fourth-order valence-corrected chi connectivity index (χ4v) is 4.37. The highest BCUT2D eigenvalue weighted by Gasteiger charge is 2.59. The van der Waals surface area contributed by atoms with E-state index in [1.165, 1.54) is 17.0 Å². The standard InChI is InChI=1S/C19H19FN2O3/c1-21(9-11-3-2-4-14(20)7-11)15(23)10-22-18(24)16-12-5-6-13(8-12)17(16)19(22)25/h2-7,12-13,16-17H,8-10H2,1H3/t12-,13-,16-,17+/m0/s1. The zero-order valence-electron chi connectivity index (χ0n) is 13.9. The average molecular weight is 342 g/mol. The Labute approximate surface area is 145 Å². The van der Waals surface area contributed by atoms with Gasteiger partial charge in [0.25, 0.3) is 0 Å². The van der Waals surface area contributed by atoms with E-state index in [0.29, 0.717) is 5.56 Å². The molecule has 1 heterocycles. The summed E-state index contributed by atoms with van der Waals surface area (Å²) in [5, 5.41) is 0. The van der Waals surface area contributed by atoms with E-state index in [4.69, 9.17) is 0 Å². The predicted octanol–water partition coefficient (Wildman–Crippen LogP) is 1.59. The number of hydrogen-bond donors (Lipinski definition) is 0. The van der Waals surface area contributed by atoms with Crippen molar-refractivity contribution in [1.29, 1.82) is 0 Å². The molecule has 0 radical (unpaired) electrons. The summed E-state index contributed by atoms with van der Waals surface area (Å²) in [5.41, 5.74) is 0.661. The Kier molecular flexibility index (Phi) is 3.71. The van der Waals surface area contributed by atoms with Crippen molar-refractivity contribution in [1.82, 2.24) is 9.80 Å². The minimum absolute atomic E-state index is 0.136. The van der Waals surface area contributed by atoms with Gasteiger partial charge >= 0.3 is 0 Å².